The minimum Gasteiger partial charge on any atom is -0.478 e. The first-order chi connectivity index (χ1) is 13.0. The van der Waals surface area contributed by atoms with E-state index in [4.69, 9.17) is 5.11 Å². The number of aromatic nitrogens is 1. The molecule has 0 radical (unpaired) electrons. The van der Waals surface area contributed by atoms with Crippen LogP contribution in [0.25, 0.3) is 5.69 Å². The van der Waals surface area contributed by atoms with Crippen molar-refractivity contribution in [3.8, 4) is 5.69 Å². The van der Waals surface area contributed by atoms with Crippen LogP contribution >= 0.6 is 0 Å². The molecule has 3 rings (SSSR count). The van der Waals surface area contributed by atoms with E-state index in [9.17, 15) is 9.59 Å². The molecule has 1 heterocycles. The number of carboxylic acid groups (broad SMARTS) is 1. The van der Waals surface area contributed by atoms with E-state index in [1.165, 1.54) is 18.3 Å². The van der Waals surface area contributed by atoms with Crippen molar-refractivity contribution in [2.75, 3.05) is 0 Å². The van der Waals surface area contributed by atoms with Gasteiger partial charge in [-0.1, -0.05) is 12.1 Å². The summed E-state index contributed by atoms with van der Waals surface area (Å²) < 4.78 is 2.11. The second-order valence-corrected chi connectivity index (χ2v) is 6.12. The standard InChI is InChI=1S/C21H19N3O3/c1-14-3-4-15(2)24(14)19-11-9-17(10-12-19)20(25)23-22-13-16-5-7-18(8-6-16)21(26)27/h3-13H,1-2H3,(H,23,25)(H,26,27)/b22-13+. The highest BCUT2D eigenvalue weighted by Gasteiger charge is 2.07. The summed E-state index contributed by atoms with van der Waals surface area (Å²) in [6, 6.07) is 17.6. The molecule has 6 nitrogen and oxygen atoms in total. The maximum Gasteiger partial charge on any atom is 0.335 e. The van der Waals surface area contributed by atoms with Gasteiger partial charge in [-0.3, -0.25) is 4.79 Å². The summed E-state index contributed by atoms with van der Waals surface area (Å²) in [4.78, 5) is 23.0. The monoisotopic (exact) mass is 361 g/mol. The number of aryl methyl sites for hydroxylation is 2. The normalized spacial score (nSPS) is 10.9. The molecule has 136 valence electrons. The topological polar surface area (TPSA) is 83.7 Å². The molecule has 27 heavy (non-hydrogen) atoms. The number of hydrogen-bond donors (Lipinski definition) is 2. The number of benzene rings is 2. The molecule has 0 spiro atoms. The van der Waals surface area contributed by atoms with E-state index < -0.39 is 5.97 Å². The highest BCUT2D eigenvalue weighted by molar-refractivity contribution is 5.95. The van der Waals surface area contributed by atoms with Crippen molar-refractivity contribution in [2.24, 2.45) is 5.10 Å². The molecule has 1 amide bonds. The van der Waals surface area contributed by atoms with Crippen molar-refractivity contribution in [3.63, 3.8) is 0 Å². The molecule has 2 aromatic carbocycles. The third kappa shape index (κ3) is 4.12. The fraction of sp³-hybridized carbons (Fsp3) is 0.0952. The van der Waals surface area contributed by atoms with Gasteiger partial charge in [0.05, 0.1) is 11.8 Å². The summed E-state index contributed by atoms with van der Waals surface area (Å²) in [5.74, 6) is -1.30. The number of hydrazone groups is 1. The Morgan fingerprint density at radius 3 is 2.00 bits per heavy atom. The number of aromatic carboxylic acids is 1. The second kappa shape index (κ2) is 7.70. The minimum absolute atomic E-state index is 0.199. The number of carbonyl (C=O) groups excluding carboxylic acids is 1. The molecule has 0 unspecified atom stereocenters. The lowest BCUT2D eigenvalue weighted by Gasteiger charge is -2.10. The van der Waals surface area contributed by atoms with Gasteiger partial charge >= 0.3 is 5.97 Å². The largest absolute Gasteiger partial charge is 0.478 e. The van der Waals surface area contributed by atoms with Gasteiger partial charge in [0.25, 0.3) is 5.91 Å². The predicted octanol–water partition coefficient (Wildman–Crippen LogP) is 3.56. The molecule has 3 aromatic rings. The summed E-state index contributed by atoms with van der Waals surface area (Å²) >= 11 is 0. The maximum absolute atomic E-state index is 12.2. The molecule has 1 aromatic heterocycles. The van der Waals surface area contributed by atoms with Gasteiger partial charge in [-0.15, -0.1) is 0 Å². The molecular weight excluding hydrogens is 342 g/mol. The van der Waals surface area contributed by atoms with Crippen molar-refractivity contribution in [1.82, 2.24) is 9.99 Å². The Balaban J connectivity index is 1.65. The molecule has 0 bridgehead atoms. The quantitative estimate of drug-likeness (QED) is 0.538. The van der Waals surface area contributed by atoms with Crippen LogP contribution in [-0.4, -0.2) is 27.8 Å². The molecule has 0 aliphatic carbocycles. The van der Waals surface area contributed by atoms with Crippen molar-refractivity contribution in [1.29, 1.82) is 0 Å². The zero-order valence-corrected chi connectivity index (χ0v) is 15.0. The molecule has 0 saturated carbocycles. The number of amides is 1. The Bertz CT molecular complexity index is 981. The van der Waals surface area contributed by atoms with Crippen LogP contribution in [0.1, 0.15) is 37.7 Å². The summed E-state index contributed by atoms with van der Waals surface area (Å²) in [7, 11) is 0. The van der Waals surface area contributed by atoms with Crippen LogP contribution < -0.4 is 5.43 Å². The Hall–Kier alpha value is -3.67. The van der Waals surface area contributed by atoms with Gasteiger partial charge in [-0.05, 0) is 67.9 Å². The molecule has 0 fully saturated rings. The molecular formula is C21H19N3O3. The molecule has 0 aliphatic heterocycles. The number of carboxylic acids is 1. The van der Waals surface area contributed by atoms with E-state index in [0.29, 0.717) is 11.1 Å². The van der Waals surface area contributed by atoms with E-state index in [1.807, 2.05) is 38.1 Å². The SMILES string of the molecule is Cc1ccc(C)n1-c1ccc(C(=O)N/N=C/c2ccc(C(=O)O)cc2)cc1. The Morgan fingerprint density at radius 1 is 0.889 bits per heavy atom. The molecule has 6 heteroatoms. The zero-order valence-electron chi connectivity index (χ0n) is 15.0. The van der Waals surface area contributed by atoms with Gasteiger partial charge in [0.15, 0.2) is 0 Å². The van der Waals surface area contributed by atoms with E-state index in [0.717, 1.165) is 17.1 Å². The van der Waals surface area contributed by atoms with E-state index in [2.05, 4.69) is 15.1 Å². The van der Waals surface area contributed by atoms with Crippen LogP contribution in [0.4, 0.5) is 0 Å². The Labute approximate surface area is 156 Å². The smallest absolute Gasteiger partial charge is 0.335 e. The van der Waals surface area contributed by atoms with E-state index >= 15 is 0 Å². The van der Waals surface area contributed by atoms with Crippen molar-refractivity contribution in [2.45, 2.75) is 13.8 Å². The number of rotatable bonds is 5. The summed E-state index contributed by atoms with van der Waals surface area (Å²) in [6.45, 7) is 4.07. The minimum atomic E-state index is -0.986. The van der Waals surface area contributed by atoms with Gasteiger partial charge < -0.3 is 9.67 Å². The van der Waals surface area contributed by atoms with E-state index in [-0.39, 0.29) is 11.5 Å². The van der Waals surface area contributed by atoms with E-state index in [1.54, 1.807) is 24.3 Å². The molecule has 0 atom stereocenters. The summed E-state index contributed by atoms with van der Waals surface area (Å²) in [5, 5.41) is 12.8. The predicted molar refractivity (Wildman–Crippen MR) is 104 cm³/mol. The van der Waals surface area contributed by atoms with Gasteiger partial charge in [-0.25, -0.2) is 10.2 Å². The highest BCUT2D eigenvalue weighted by Crippen LogP contribution is 2.16. The number of hydrogen-bond acceptors (Lipinski definition) is 3. The van der Waals surface area contributed by atoms with Crippen LogP contribution in [0.5, 0.6) is 0 Å². The van der Waals surface area contributed by atoms with Crippen LogP contribution in [-0.2, 0) is 0 Å². The fourth-order valence-electron chi connectivity index (χ4n) is 2.78. The number of carbonyl (C=O) groups is 2. The third-order valence-electron chi connectivity index (χ3n) is 4.20. The van der Waals surface area contributed by atoms with Crippen LogP contribution in [0.3, 0.4) is 0 Å². The number of nitrogens with zero attached hydrogens (tertiary/aromatic N) is 2. The van der Waals surface area contributed by atoms with Crippen molar-refractivity contribution in [3.05, 3.63) is 88.7 Å². The maximum atomic E-state index is 12.2. The van der Waals surface area contributed by atoms with Crippen LogP contribution in [0.2, 0.25) is 0 Å². The highest BCUT2D eigenvalue weighted by atomic mass is 16.4. The third-order valence-corrected chi connectivity index (χ3v) is 4.20. The zero-order chi connectivity index (χ0) is 19.4. The van der Waals surface area contributed by atoms with Gasteiger partial charge in [-0.2, -0.15) is 5.10 Å². The number of nitrogens with one attached hydrogen (secondary N) is 1. The molecule has 0 aliphatic rings. The van der Waals surface area contributed by atoms with Gasteiger partial charge in [0.1, 0.15) is 0 Å². The second-order valence-electron chi connectivity index (χ2n) is 6.12. The van der Waals surface area contributed by atoms with Gasteiger partial charge in [0.2, 0.25) is 0 Å². The molecule has 0 saturated heterocycles. The lowest BCUT2D eigenvalue weighted by molar-refractivity contribution is 0.0696. The molecule has 2 N–H and O–H groups in total. The van der Waals surface area contributed by atoms with Gasteiger partial charge in [0, 0.05) is 22.6 Å². The summed E-state index contributed by atoms with van der Waals surface area (Å²) in [6.07, 6.45) is 1.46. The fourth-order valence-corrected chi connectivity index (χ4v) is 2.78. The lowest BCUT2D eigenvalue weighted by atomic mass is 10.1. The van der Waals surface area contributed by atoms with Crippen LogP contribution in [0.15, 0.2) is 65.8 Å². The first-order valence-electron chi connectivity index (χ1n) is 8.38. The average molecular weight is 361 g/mol. The average Bonchev–Trinajstić information content (AvgIpc) is 3.00. The Kier molecular flexibility index (Phi) is 5.17. The first kappa shape index (κ1) is 18.1. The van der Waals surface area contributed by atoms with Crippen molar-refractivity contribution >= 4 is 18.1 Å². The van der Waals surface area contributed by atoms with Crippen molar-refractivity contribution < 1.29 is 14.7 Å². The van der Waals surface area contributed by atoms with Crippen LogP contribution in [0, 0.1) is 13.8 Å². The first-order valence-corrected chi connectivity index (χ1v) is 8.38. The Morgan fingerprint density at radius 2 is 1.44 bits per heavy atom. The summed E-state index contributed by atoms with van der Waals surface area (Å²) in [5.41, 5.74) is 7.11. The lowest BCUT2D eigenvalue weighted by Crippen LogP contribution is -2.17.